The van der Waals surface area contributed by atoms with Crippen molar-refractivity contribution in [2.45, 2.75) is 85.9 Å². The Hall–Kier alpha value is -2.67. The zero-order valence-corrected chi connectivity index (χ0v) is 23.0. The lowest BCUT2D eigenvalue weighted by atomic mass is 9.78. The predicted molar refractivity (Wildman–Crippen MR) is 139 cm³/mol. The van der Waals surface area contributed by atoms with E-state index in [-0.39, 0.29) is 24.5 Å². The van der Waals surface area contributed by atoms with Crippen molar-refractivity contribution in [3.05, 3.63) is 47.5 Å². The second kappa shape index (κ2) is 12.3. The number of nitrogens with zero attached hydrogens (tertiary/aromatic N) is 1. The fourth-order valence-electron chi connectivity index (χ4n) is 3.89. The van der Waals surface area contributed by atoms with E-state index < -0.39 is 34.9 Å². The molecule has 0 spiro atoms. The normalized spacial score (nSPS) is 15.3. The molecule has 1 unspecified atom stereocenters. The van der Waals surface area contributed by atoms with Crippen molar-refractivity contribution < 1.29 is 24.2 Å². The third-order valence-electron chi connectivity index (χ3n) is 6.35. The first-order chi connectivity index (χ1) is 16.0. The number of likely N-dealkylation sites (N-methyl/N-ethyl adjacent to an activating group) is 1. The van der Waals surface area contributed by atoms with Crippen LogP contribution in [-0.2, 0) is 24.5 Å². The summed E-state index contributed by atoms with van der Waals surface area (Å²) in [5.74, 6) is -1.33. The Morgan fingerprint density at radius 1 is 1.09 bits per heavy atom. The standard InChI is InChI=1S/C28H44N2O5/c1-11-35-26(34)19(4)17-21(18(2)3)30(10)25(33)22(27(5,6)7)29-24(32)23(31)28(8,9)20-15-13-12-14-16-20/h12-18,21-23,31H,11H2,1-10H3,(H,29,32)/t21-,22-,23?/m1/s1. The number of esters is 1. The van der Waals surface area contributed by atoms with Crippen LogP contribution in [0.3, 0.4) is 0 Å². The highest BCUT2D eigenvalue weighted by Gasteiger charge is 2.41. The van der Waals surface area contributed by atoms with Crippen LogP contribution < -0.4 is 5.32 Å². The first-order valence-corrected chi connectivity index (χ1v) is 12.2. The number of carbonyl (C=O) groups excluding carboxylic acids is 3. The number of carbonyl (C=O) groups is 3. The molecule has 2 N–H and O–H groups in total. The van der Waals surface area contributed by atoms with E-state index in [1.165, 1.54) is 0 Å². The van der Waals surface area contributed by atoms with E-state index in [1.807, 2.05) is 65.0 Å². The van der Waals surface area contributed by atoms with Crippen molar-refractivity contribution in [1.29, 1.82) is 0 Å². The summed E-state index contributed by atoms with van der Waals surface area (Å²) in [7, 11) is 1.66. The van der Waals surface area contributed by atoms with Gasteiger partial charge in [-0.25, -0.2) is 4.79 Å². The Labute approximate surface area is 210 Å². The monoisotopic (exact) mass is 488 g/mol. The highest BCUT2D eigenvalue weighted by Crippen LogP contribution is 2.29. The van der Waals surface area contributed by atoms with E-state index in [0.717, 1.165) is 5.56 Å². The molecule has 0 heterocycles. The van der Waals surface area contributed by atoms with Crippen LogP contribution in [0.25, 0.3) is 0 Å². The van der Waals surface area contributed by atoms with Crippen LogP contribution in [0.5, 0.6) is 0 Å². The molecule has 0 aromatic heterocycles. The molecule has 0 saturated heterocycles. The summed E-state index contributed by atoms with van der Waals surface area (Å²) in [4.78, 5) is 40.6. The zero-order valence-electron chi connectivity index (χ0n) is 23.0. The van der Waals surface area contributed by atoms with Crippen LogP contribution in [-0.4, -0.2) is 59.6 Å². The molecule has 1 aromatic carbocycles. The molecule has 2 amide bonds. The first kappa shape index (κ1) is 30.4. The van der Waals surface area contributed by atoms with Gasteiger partial charge in [0.1, 0.15) is 12.1 Å². The minimum absolute atomic E-state index is 0.00671. The minimum atomic E-state index is -1.36. The highest BCUT2D eigenvalue weighted by molar-refractivity contribution is 5.91. The minimum Gasteiger partial charge on any atom is -0.463 e. The van der Waals surface area contributed by atoms with Gasteiger partial charge in [-0.3, -0.25) is 9.59 Å². The topological polar surface area (TPSA) is 95.9 Å². The number of benzene rings is 1. The fraction of sp³-hybridized carbons (Fsp3) is 0.607. The Balaban J connectivity index is 3.22. The average Bonchev–Trinajstić information content (AvgIpc) is 2.78. The van der Waals surface area contributed by atoms with Gasteiger partial charge in [0.2, 0.25) is 11.8 Å². The fourth-order valence-corrected chi connectivity index (χ4v) is 3.89. The maximum atomic E-state index is 13.7. The molecule has 0 bridgehead atoms. The van der Waals surface area contributed by atoms with Crippen LogP contribution in [0.4, 0.5) is 0 Å². The van der Waals surface area contributed by atoms with Gasteiger partial charge in [0.05, 0.1) is 12.6 Å². The van der Waals surface area contributed by atoms with E-state index in [1.54, 1.807) is 45.7 Å². The summed E-state index contributed by atoms with van der Waals surface area (Å²) in [6, 6.07) is 8.04. The lowest BCUT2D eigenvalue weighted by molar-refractivity contribution is -0.143. The van der Waals surface area contributed by atoms with E-state index in [0.29, 0.717) is 5.57 Å². The Bertz CT molecular complexity index is 900. The lowest BCUT2D eigenvalue weighted by Gasteiger charge is -2.39. The molecule has 35 heavy (non-hydrogen) atoms. The molecule has 0 aliphatic rings. The van der Waals surface area contributed by atoms with Gasteiger partial charge < -0.3 is 20.1 Å². The molecule has 0 radical (unpaired) electrons. The van der Waals surface area contributed by atoms with Crippen LogP contribution in [0.2, 0.25) is 0 Å². The molecule has 3 atom stereocenters. The molecular formula is C28H44N2O5. The van der Waals surface area contributed by atoms with Crippen molar-refractivity contribution in [2.75, 3.05) is 13.7 Å². The molecule has 0 aliphatic carbocycles. The summed E-state index contributed by atoms with van der Waals surface area (Å²) >= 11 is 0. The van der Waals surface area contributed by atoms with E-state index in [4.69, 9.17) is 4.74 Å². The van der Waals surface area contributed by atoms with E-state index in [2.05, 4.69) is 5.32 Å². The number of hydrogen-bond acceptors (Lipinski definition) is 5. The summed E-state index contributed by atoms with van der Waals surface area (Å²) in [6.07, 6.45) is 0.370. The number of aliphatic hydroxyl groups is 1. The smallest absolute Gasteiger partial charge is 0.333 e. The predicted octanol–water partition coefficient (Wildman–Crippen LogP) is 3.85. The van der Waals surface area contributed by atoms with Gasteiger partial charge in [-0.05, 0) is 30.7 Å². The Morgan fingerprint density at radius 3 is 2.09 bits per heavy atom. The largest absolute Gasteiger partial charge is 0.463 e. The van der Waals surface area contributed by atoms with Crippen LogP contribution in [0, 0.1) is 11.3 Å². The van der Waals surface area contributed by atoms with Crippen molar-refractivity contribution in [2.24, 2.45) is 11.3 Å². The summed E-state index contributed by atoms with van der Waals surface area (Å²) in [5.41, 5.74) is -0.249. The van der Waals surface area contributed by atoms with Gasteiger partial charge in [0, 0.05) is 18.0 Å². The molecule has 0 fully saturated rings. The lowest BCUT2D eigenvalue weighted by Crippen LogP contribution is -2.59. The third kappa shape index (κ3) is 7.92. The maximum absolute atomic E-state index is 13.7. The zero-order chi connectivity index (χ0) is 27.1. The van der Waals surface area contributed by atoms with E-state index in [9.17, 15) is 19.5 Å². The van der Waals surface area contributed by atoms with Crippen LogP contribution in [0.1, 0.15) is 67.9 Å². The average molecular weight is 489 g/mol. The Kier molecular flexibility index (Phi) is 10.7. The molecule has 7 heteroatoms. The van der Waals surface area contributed by atoms with Crippen LogP contribution in [0.15, 0.2) is 42.0 Å². The molecule has 0 saturated carbocycles. The molecule has 1 rings (SSSR count). The summed E-state index contributed by atoms with van der Waals surface area (Å²) in [5, 5.41) is 13.8. The van der Waals surface area contributed by atoms with Crippen molar-refractivity contribution in [3.63, 3.8) is 0 Å². The molecule has 196 valence electrons. The SMILES string of the molecule is CCOC(=O)C(C)=C[C@H](C(C)C)N(C)C(=O)[C@@H](NC(=O)C(O)C(C)(C)c1ccccc1)C(C)(C)C. The molecular weight excluding hydrogens is 444 g/mol. The number of hydrogen-bond donors (Lipinski definition) is 2. The number of ether oxygens (including phenoxy) is 1. The van der Waals surface area contributed by atoms with Crippen molar-refractivity contribution in [1.82, 2.24) is 10.2 Å². The summed E-state index contributed by atoms with van der Waals surface area (Å²) < 4.78 is 5.08. The quantitative estimate of drug-likeness (QED) is 0.385. The van der Waals surface area contributed by atoms with Gasteiger partial charge in [0.15, 0.2) is 0 Å². The molecule has 7 nitrogen and oxygen atoms in total. The van der Waals surface area contributed by atoms with Gasteiger partial charge in [-0.2, -0.15) is 0 Å². The highest BCUT2D eigenvalue weighted by atomic mass is 16.5. The number of rotatable bonds is 10. The van der Waals surface area contributed by atoms with Gasteiger partial charge in [-0.15, -0.1) is 0 Å². The Morgan fingerprint density at radius 2 is 1.63 bits per heavy atom. The van der Waals surface area contributed by atoms with Crippen molar-refractivity contribution >= 4 is 17.8 Å². The first-order valence-electron chi connectivity index (χ1n) is 12.2. The van der Waals surface area contributed by atoms with E-state index >= 15 is 0 Å². The number of amides is 2. The third-order valence-corrected chi connectivity index (χ3v) is 6.35. The van der Waals surface area contributed by atoms with Crippen LogP contribution >= 0.6 is 0 Å². The molecule has 0 aliphatic heterocycles. The second-order valence-electron chi connectivity index (χ2n) is 11.1. The molecule has 1 aromatic rings. The van der Waals surface area contributed by atoms with Gasteiger partial charge >= 0.3 is 5.97 Å². The van der Waals surface area contributed by atoms with Gasteiger partial charge in [-0.1, -0.05) is 84.9 Å². The van der Waals surface area contributed by atoms with Crippen molar-refractivity contribution in [3.8, 4) is 0 Å². The second-order valence-corrected chi connectivity index (χ2v) is 11.1. The van der Waals surface area contributed by atoms with Gasteiger partial charge in [0.25, 0.3) is 0 Å². The number of aliphatic hydroxyl groups excluding tert-OH is 1. The number of nitrogens with one attached hydrogen (secondary N) is 1. The maximum Gasteiger partial charge on any atom is 0.333 e. The summed E-state index contributed by atoms with van der Waals surface area (Å²) in [6.45, 7) is 16.8.